The van der Waals surface area contributed by atoms with Gasteiger partial charge >= 0.3 is 0 Å². The molecule has 0 N–H and O–H groups in total. The van der Waals surface area contributed by atoms with E-state index >= 15 is 0 Å². The van der Waals surface area contributed by atoms with E-state index in [2.05, 4.69) is 0 Å². The molecule has 0 saturated heterocycles. The Morgan fingerprint density at radius 2 is 1.78 bits per heavy atom. The molecule has 122 valence electrons. The van der Waals surface area contributed by atoms with E-state index < -0.39 is 0 Å². The predicted molar refractivity (Wildman–Crippen MR) is 89.6 cm³/mol. The van der Waals surface area contributed by atoms with Gasteiger partial charge in [0.2, 0.25) is 0 Å². The quantitative estimate of drug-likeness (QED) is 0.821. The van der Waals surface area contributed by atoms with Gasteiger partial charge in [-0.15, -0.1) is 0 Å². The van der Waals surface area contributed by atoms with Crippen molar-refractivity contribution >= 4 is 11.6 Å². The van der Waals surface area contributed by atoms with Crippen LogP contribution in [0.5, 0.6) is 5.75 Å². The maximum absolute atomic E-state index is 12.8. The molecule has 2 aromatic carbocycles. The molecule has 0 aliphatic rings. The third-order valence-corrected chi connectivity index (χ3v) is 3.47. The number of hydrogen-bond acceptors (Lipinski definition) is 3. The van der Waals surface area contributed by atoms with Gasteiger partial charge in [-0.1, -0.05) is 6.07 Å². The van der Waals surface area contributed by atoms with E-state index in [1.54, 1.807) is 30.1 Å². The molecule has 0 aliphatic heterocycles. The van der Waals surface area contributed by atoms with Gasteiger partial charge < -0.3 is 14.5 Å². The minimum atomic E-state index is -0.301. The molecule has 2 aromatic rings. The SMILES string of the molecule is CN(CCOc1ccc(F)cc1)C(=O)c1cccc(N(C)C)c1. The summed E-state index contributed by atoms with van der Waals surface area (Å²) in [5.41, 5.74) is 1.62. The van der Waals surface area contributed by atoms with Crippen molar-refractivity contribution in [1.82, 2.24) is 4.90 Å². The van der Waals surface area contributed by atoms with Crippen LogP contribution in [0.4, 0.5) is 10.1 Å². The Kier molecular flexibility index (Phi) is 5.57. The Labute approximate surface area is 136 Å². The molecule has 0 aliphatic carbocycles. The fourth-order valence-corrected chi connectivity index (χ4v) is 2.07. The number of ether oxygens (including phenoxy) is 1. The molecule has 1 amide bonds. The topological polar surface area (TPSA) is 32.8 Å². The second-order valence-electron chi connectivity index (χ2n) is 5.47. The summed E-state index contributed by atoms with van der Waals surface area (Å²) in [5.74, 6) is 0.226. The van der Waals surface area contributed by atoms with Gasteiger partial charge in [-0.2, -0.15) is 0 Å². The molecule has 0 aromatic heterocycles. The van der Waals surface area contributed by atoms with E-state index in [4.69, 9.17) is 4.74 Å². The van der Waals surface area contributed by atoms with Crippen molar-refractivity contribution in [2.75, 3.05) is 39.2 Å². The van der Waals surface area contributed by atoms with E-state index in [-0.39, 0.29) is 11.7 Å². The lowest BCUT2D eigenvalue weighted by Crippen LogP contribution is -2.31. The van der Waals surface area contributed by atoms with Gasteiger partial charge in [0.05, 0.1) is 6.54 Å². The van der Waals surface area contributed by atoms with E-state index in [1.807, 2.05) is 37.2 Å². The average molecular weight is 316 g/mol. The maximum Gasteiger partial charge on any atom is 0.253 e. The molecule has 0 heterocycles. The van der Waals surface area contributed by atoms with Crippen LogP contribution in [0.1, 0.15) is 10.4 Å². The molecule has 0 spiro atoms. The molecule has 0 unspecified atom stereocenters. The standard InChI is InChI=1S/C18H21FN2O2/c1-20(2)16-6-4-5-14(13-16)18(22)21(3)11-12-23-17-9-7-15(19)8-10-17/h4-10,13H,11-12H2,1-3H3. The van der Waals surface area contributed by atoms with Crippen LogP contribution in [0.3, 0.4) is 0 Å². The smallest absolute Gasteiger partial charge is 0.253 e. The van der Waals surface area contributed by atoms with Gasteiger partial charge in [0, 0.05) is 32.4 Å². The highest BCUT2D eigenvalue weighted by Gasteiger charge is 2.12. The number of carbonyl (C=O) groups excluding carboxylic acids is 1. The highest BCUT2D eigenvalue weighted by atomic mass is 19.1. The van der Waals surface area contributed by atoms with E-state index in [0.717, 1.165) is 5.69 Å². The number of hydrogen-bond donors (Lipinski definition) is 0. The van der Waals surface area contributed by atoms with Crippen LogP contribution in [0.25, 0.3) is 0 Å². The van der Waals surface area contributed by atoms with Gasteiger partial charge in [0.25, 0.3) is 5.91 Å². The molecule has 0 atom stereocenters. The minimum Gasteiger partial charge on any atom is -0.492 e. The number of anilines is 1. The van der Waals surface area contributed by atoms with Crippen molar-refractivity contribution in [2.45, 2.75) is 0 Å². The Hall–Kier alpha value is -2.56. The fourth-order valence-electron chi connectivity index (χ4n) is 2.07. The van der Waals surface area contributed by atoms with Crippen LogP contribution < -0.4 is 9.64 Å². The monoisotopic (exact) mass is 316 g/mol. The van der Waals surface area contributed by atoms with Crippen LogP contribution in [0, 0.1) is 5.82 Å². The van der Waals surface area contributed by atoms with E-state index in [1.165, 1.54) is 12.1 Å². The number of carbonyl (C=O) groups is 1. The molecule has 2 rings (SSSR count). The van der Waals surface area contributed by atoms with E-state index in [9.17, 15) is 9.18 Å². The average Bonchev–Trinajstić information content (AvgIpc) is 2.56. The maximum atomic E-state index is 12.8. The van der Waals surface area contributed by atoms with Crippen molar-refractivity contribution < 1.29 is 13.9 Å². The third-order valence-electron chi connectivity index (χ3n) is 3.47. The van der Waals surface area contributed by atoms with Crippen molar-refractivity contribution in [3.05, 3.63) is 59.9 Å². The number of rotatable bonds is 6. The van der Waals surface area contributed by atoms with Gasteiger partial charge in [-0.25, -0.2) is 4.39 Å². The van der Waals surface area contributed by atoms with Gasteiger partial charge in [-0.05, 0) is 42.5 Å². The molecule has 23 heavy (non-hydrogen) atoms. The lowest BCUT2D eigenvalue weighted by molar-refractivity contribution is 0.0774. The molecule has 0 fully saturated rings. The van der Waals surface area contributed by atoms with Crippen LogP contribution in [0.15, 0.2) is 48.5 Å². The molecule has 5 heteroatoms. The normalized spacial score (nSPS) is 10.3. The highest BCUT2D eigenvalue weighted by Crippen LogP contribution is 2.15. The van der Waals surface area contributed by atoms with Gasteiger partial charge in [-0.3, -0.25) is 4.79 Å². The van der Waals surface area contributed by atoms with Gasteiger partial charge in [0.15, 0.2) is 0 Å². The molecular formula is C18H21FN2O2. The van der Waals surface area contributed by atoms with Crippen molar-refractivity contribution in [3.8, 4) is 5.75 Å². The zero-order valence-corrected chi connectivity index (χ0v) is 13.6. The summed E-state index contributed by atoms with van der Waals surface area (Å²) in [7, 11) is 5.60. The predicted octanol–water partition coefficient (Wildman–Crippen LogP) is 3.04. The van der Waals surface area contributed by atoms with E-state index in [0.29, 0.717) is 24.5 Å². The highest BCUT2D eigenvalue weighted by molar-refractivity contribution is 5.95. The molecule has 4 nitrogen and oxygen atoms in total. The second kappa shape index (κ2) is 7.63. The zero-order valence-electron chi connectivity index (χ0n) is 13.6. The third kappa shape index (κ3) is 4.71. The van der Waals surface area contributed by atoms with Crippen molar-refractivity contribution in [2.24, 2.45) is 0 Å². The number of halogens is 1. The first kappa shape index (κ1) is 16.8. The Bertz CT molecular complexity index is 656. The summed E-state index contributed by atoms with van der Waals surface area (Å²) in [4.78, 5) is 16.0. The summed E-state index contributed by atoms with van der Waals surface area (Å²) in [6.45, 7) is 0.795. The summed E-state index contributed by atoms with van der Waals surface area (Å²) < 4.78 is 18.3. The number of nitrogens with zero attached hydrogens (tertiary/aromatic N) is 2. The van der Waals surface area contributed by atoms with Crippen LogP contribution >= 0.6 is 0 Å². The fraction of sp³-hybridized carbons (Fsp3) is 0.278. The summed E-state index contributed by atoms with van der Waals surface area (Å²) in [6, 6.07) is 13.3. The molecular weight excluding hydrogens is 295 g/mol. The Balaban J connectivity index is 1.89. The molecule has 0 saturated carbocycles. The summed E-state index contributed by atoms with van der Waals surface area (Å²) >= 11 is 0. The number of likely N-dealkylation sites (N-methyl/N-ethyl adjacent to an activating group) is 1. The van der Waals surface area contributed by atoms with Crippen molar-refractivity contribution in [3.63, 3.8) is 0 Å². The first-order valence-corrected chi connectivity index (χ1v) is 7.38. The van der Waals surface area contributed by atoms with Gasteiger partial charge in [0.1, 0.15) is 18.2 Å². The molecule has 0 bridgehead atoms. The zero-order chi connectivity index (χ0) is 16.8. The summed E-state index contributed by atoms with van der Waals surface area (Å²) in [5, 5.41) is 0. The van der Waals surface area contributed by atoms with Crippen LogP contribution in [0.2, 0.25) is 0 Å². The number of benzene rings is 2. The first-order valence-electron chi connectivity index (χ1n) is 7.38. The number of amides is 1. The Morgan fingerprint density at radius 1 is 1.09 bits per heavy atom. The van der Waals surface area contributed by atoms with Crippen molar-refractivity contribution in [1.29, 1.82) is 0 Å². The second-order valence-corrected chi connectivity index (χ2v) is 5.47. The summed E-state index contributed by atoms with van der Waals surface area (Å²) in [6.07, 6.45) is 0. The van der Waals surface area contributed by atoms with Crippen LogP contribution in [-0.2, 0) is 0 Å². The lowest BCUT2D eigenvalue weighted by atomic mass is 10.1. The molecule has 0 radical (unpaired) electrons. The lowest BCUT2D eigenvalue weighted by Gasteiger charge is -2.19. The Morgan fingerprint density at radius 3 is 2.43 bits per heavy atom. The van der Waals surface area contributed by atoms with Crippen LogP contribution in [-0.4, -0.2) is 45.1 Å². The first-order chi connectivity index (χ1) is 11.0. The largest absolute Gasteiger partial charge is 0.492 e. The minimum absolute atomic E-state index is 0.0589.